The molecule has 0 bridgehead atoms. The molecule has 29 heavy (non-hydrogen) atoms. The maximum Gasteiger partial charge on any atom is 0.375 e. The van der Waals surface area contributed by atoms with Crippen LogP contribution in [0.4, 0.5) is 0 Å². The van der Waals surface area contributed by atoms with Gasteiger partial charge in [-0.3, -0.25) is 4.79 Å². The summed E-state index contributed by atoms with van der Waals surface area (Å²) in [6.07, 6.45) is 3.28. The highest BCUT2D eigenvalue weighted by atomic mass is 16.5. The zero-order valence-electron chi connectivity index (χ0n) is 17.2. The summed E-state index contributed by atoms with van der Waals surface area (Å²) < 4.78 is 11.2. The Balaban J connectivity index is 1.46. The molecule has 5 heteroatoms. The van der Waals surface area contributed by atoms with Crippen LogP contribution in [0, 0.1) is 18.8 Å². The molecule has 1 aromatic heterocycles. The first-order valence-electron chi connectivity index (χ1n) is 10.3. The minimum absolute atomic E-state index is 0.143. The zero-order chi connectivity index (χ0) is 20.5. The lowest BCUT2D eigenvalue weighted by Crippen LogP contribution is -2.45. The van der Waals surface area contributed by atoms with Gasteiger partial charge in [-0.25, -0.2) is 4.79 Å². The Labute approximate surface area is 170 Å². The number of aryl methyl sites for hydroxylation is 1. The fraction of sp³-hybridized carbons (Fsp3) is 0.417. The topological polar surface area (TPSA) is 68.5 Å². The van der Waals surface area contributed by atoms with E-state index in [1.165, 1.54) is 6.42 Å². The average molecular weight is 393 g/mol. The average Bonchev–Trinajstić information content (AvgIpc) is 3.07. The number of nitrogens with one attached hydrogen (secondary N) is 1. The van der Waals surface area contributed by atoms with E-state index < -0.39 is 5.97 Å². The van der Waals surface area contributed by atoms with Gasteiger partial charge in [-0.05, 0) is 30.6 Å². The lowest BCUT2D eigenvalue weighted by Gasteiger charge is -2.34. The molecular formula is C24H27NO4. The van der Waals surface area contributed by atoms with Gasteiger partial charge in [-0.15, -0.1) is 0 Å². The van der Waals surface area contributed by atoms with Crippen LogP contribution in [0.2, 0.25) is 0 Å². The predicted octanol–water partition coefficient (Wildman–Crippen LogP) is 4.99. The second kappa shape index (κ2) is 7.90. The van der Waals surface area contributed by atoms with Gasteiger partial charge in [0.2, 0.25) is 5.76 Å². The van der Waals surface area contributed by atoms with Crippen molar-refractivity contribution in [3.8, 4) is 0 Å². The standard InChI is InChI=1S/C24H27NO4/c1-14-7-6-10-20(15(14)2)25-21(26)13-28-24(27)22-16(3)18-12-11-17-8-4-5-9-19(17)23(18)29-22/h4-5,8-9,11-12,14-15,20H,6-7,10,13H2,1-3H3,(H,25,26)/t14-,15-,20-/m1/s1. The first-order valence-corrected chi connectivity index (χ1v) is 10.3. The van der Waals surface area contributed by atoms with Crippen LogP contribution in [0.25, 0.3) is 21.7 Å². The summed E-state index contributed by atoms with van der Waals surface area (Å²) in [6, 6.07) is 12.0. The minimum atomic E-state index is -0.608. The van der Waals surface area contributed by atoms with Gasteiger partial charge < -0.3 is 14.5 Å². The van der Waals surface area contributed by atoms with Gasteiger partial charge in [0.15, 0.2) is 6.61 Å². The number of furan rings is 1. The summed E-state index contributed by atoms with van der Waals surface area (Å²) in [7, 11) is 0. The first-order chi connectivity index (χ1) is 14.0. The summed E-state index contributed by atoms with van der Waals surface area (Å²) in [5.41, 5.74) is 1.40. The summed E-state index contributed by atoms with van der Waals surface area (Å²) >= 11 is 0. The van der Waals surface area contributed by atoms with Gasteiger partial charge in [0.25, 0.3) is 5.91 Å². The predicted molar refractivity (Wildman–Crippen MR) is 113 cm³/mol. The van der Waals surface area contributed by atoms with E-state index in [9.17, 15) is 9.59 Å². The van der Waals surface area contributed by atoms with Crippen LogP contribution in [0.1, 0.15) is 49.2 Å². The van der Waals surface area contributed by atoms with Crippen LogP contribution in [-0.4, -0.2) is 24.5 Å². The third kappa shape index (κ3) is 3.74. The number of hydrogen-bond acceptors (Lipinski definition) is 4. The van der Waals surface area contributed by atoms with E-state index in [2.05, 4.69) is 19.2 Å². The molecule has 1 saturated carbocycles. The van der Waals surface area contributed by atoms with Crippen molar-refractivity contribution in [2.45, 2.75) is 46.1 Å². The third-order valence-corrected chi connectivity index (χ3v) is 6.40. The van der Waals surface area contributed by atoms with Crippen molar-refractivity contribution in [1.82, 2.24) is 5.32 Å². The summed E-state index contributed by atoms with van der Waals surface area (Å²) in [6.45, 7) is 5.93. The molecule has 152 valence electrons. The number of carbonyl (C=O) groups is 2. The molecule has 3 aromatic rings. The van der Waals surface area contributed by atoms with Gasteiger partial charge in [0.05, 0.1) is 0 Å². The summed E-state index contributed by atoms with van der Waals surface area (Å²) in [5.74, 6) is 0.300. The second-order valence-electron chi connectivity index (χ2n) is 8.24. The quantitative estimate of drug-likeness (QED) is 0.634. The van der Waals surface area contributed by atoms with E-state index in [-0.39, 0.29) is 24.3 Å². The van der Waals surface area contributed by atoms with Crippen molar-refractivity contribution in [3.05, 3.63) is 47.7 Å². The molecule has 0 radical (unpaired) electrons. The van der Waals surface area contributed by atoms with Gasteiger partial charge in [-0.1, -0.05) is 63.1 Å². The molecule has 1 aliphatic rings. The Morgan fingerprint density at radius 3 is 2.72 bits per heavy atom. The molecular weight excluding hydrogens is 366 g/mol. The number of esters is 1. The number of amides is 1. The molecule has 1 aliphatic carbocycles. The van der Waals surface area contributed by atoms with Crippen molar-refractivity contribution in [2.24, 2.45) is 11.8 Å². The van der Waals surface area contributed by atoms with Crippen LogP contribution < -0.4 is 5.32 Å². The van der Waals surface area contributed by atoms with Crippen LogP contribution in [-0.2, 0) is 9.53 Å². The Hall–Kier alpha value is -2.82. The van der Waals surface area contributed by atoms with E-state index in [1.807, 2.05) is 43.3 Å². The van der Waals surface area contributed by atoms with Crippen LogP contribution in [0.5, 0.6) is 0 Å². The van der Waals surface area contributed by atoms with Crippen molar-refractivity contribution in [2.75, 3.05) is 6.61 Å². The molecule has 1 N–H and O–H groups in total. The molecule has 4 rings (SSSR count). The van der Waals surface area contributed by atoms with E-state index >= 15 is 0 Å². The monoisotopic (exact) mass is 393 g/mol. The molecule has 1 amide bonds. The summed E-state index contributed by atoms with van der Waals surface area (Å²) in [4.78, 5) is 24.9. The maximum absolute atomic E-state index is 12.6. The largest absolute Gasteiger partial charge is 0.450 e. The van der Waals surface area contributed by atoms with Gasteiger partial charge in [-0.2, -0.15) is 0 Å². The summed E-state index contributed by atoms with van der Waals surface area (Å²) in [5, 5.41) is 5.90. The van der Waals surface area contributed by atoms with Gasteiger partial charge in [0.1, 0.15) is 5.58 Å². The highest BCUT2D eigenvalue weighted by Crippen LogP contribution is 2.32. The fourth-order valence-corrected chi connectivity index (χ4v) is 4.37. The zero-order valence-corrected chi connectivity index (χ0v) is 17.2. The van der Waals surface area contributed by atoms with E-state index in [0.717, 1.165) is 34.6 Å². The van der Waals surface area contributed by atoms with E-state index in [4.69, 9.17) is 9.15 Å². The fourth-order valence-electron chi connectivity index (χ4n) is 4.37. The number of ether oxygens (including phenoxy) is 1. The molecule has 5 nitrogen and oxygen atoms in total. The molecule has 0 spiro atoms. The molecule has 2 aromatic carbocycles. The van der Waals surface area contributed by atoms with Crippen LogP contribution in [0.3, 0.4) is 0 Å². The molecule has 1 heterocycles. The van der Waals surface area contributed by atoms with Gasteiger partial charge in [0, 0.05) is 22.4 Å². The molecule has 0 aliphatic heterocycles. The Bertz CT molecular complexity index is 1070. The number of hydrogen-bond donors (Lipinski definition) is 1. The van der Waals surface area contributed by atoms with Crippen molar-refractivity contribution < 1.29 is 18.7 Å². The van der Waals surface area contributed by atoms with Crippen molar-refractivity contribution in [1.29, 1.82) is 0 Å². The van der Waals surface area contributed by atoms with Crippen LogP contribution >= 0.6 is 0 Å². The Morgan fingerprint density at radius 2 is 1.90 bits per heavy atom. The molecule has 0 saturated heterocycles. The van der Waals surface area contributed by atoms with Gasteiger partial charge >= 0.3 is 5.97 Å². The Morgan fingerprint density at radius 1 is 1.10 bits per heavy atom. The maximum atomic E-state index is 12.6. The second-order valence-corrected chi connectivity index (χ2v) is 8.24. The highest BCUT2D eigenvalue weighted by molar-refractivity contribution is 6.08. The number of benzene rings is 2. The van der Waals surface area contributed by atoms with E-state index in [1.54, 1.807) is 0 Å². The highest BCUT2D eigenvalue weighted by Gasteiger charge is 2.28. The normalized spacial score (nSPS) is 22.0. The first kappa shape index (κ1) is 19.5. The molecule has 3 atom stereocenters. The molecule has 0 unspecified atom stereocenters. The smallest absolute Gasteiger partial charge is 0.375 e. The number of carbonyl (C=O) groups excluding carboxylic acids is 2. The number of rotatable bonds is 4. The molecule has 1 fully saturated rings. The third-order valence-electron chi connectivity index (χ3n) is 6.40. The number of fused-ring (bicyclic) bond motifs is 3. The van der Waals surface area contributed by atoms with Crippen molar-refractivity contribution >= 4 is 33.6 Å². The minimum Gasteiger partial charge on any atom is -0.450 e. The van der Waals surface area contributed by atoms with Crippen molar-refractivity contribution in [3.63, 3.8) is 0 Å². The van der Waals surface area contributed by atoms with Crippen LogP contribution in [0.15, 0.2) is 40.8 Å². The lowest BCUT2D eigenvalue weighted by atomic mass is 9.78. The Kier molecular flexibility index (Phi) is 5.31. The lowest BCUT2D eigenvalue weighted by molar-refractivity contribution is -0.125. The van der Waals surface area contributed by atoms with E-state index in [0.29, 0.717) is 17.4 Å². The SMILES string of the molecule is Cc1c(C(=O)OCC(=O)N[C@@H]2CCC[C@@H](C)[C@H]2C)oc2c1ccc1ccccc12.